The molecule has 1 heterocycles. The third-order valence-electron chi connectivity index (χ3n) is 1.80. The van der Waals surface area contributed by atoms with Gasteiger partial charge < -0.3 is 10.2 Å². The van der Waals surface area contributed by atoms with Crippen molar-refractivity contribution in [3.63, 3.8) is 0 Å². The summed E-state index contributed by atoms with van der Waals surface area (Å²) in [6, 6.07) is 2.35. The number of halogens is 1. The summed E-state index contributed by atoms with van der Waals surface area (Å²) < 4.78 is 0. The summed E-state index contributed by atoms with van der Waals surface area (Å²) >= 11 is 2.99. The van der Waals surface area contributed by atoms with E-state index >= 15 is 0 Å². The van der Waals surface area contributed by atoms with E-state index in [-0.39, 0.29) is 16.7 Å². The molecule has 0 aliphatic rings. The Balaban J connectivity index is 2.94. The first kappa shape index (κ1) is 12.0. The van der Waals surface area contributed by atoms with E-state index in [4.69, 9.17) is 0 Å². The summed E-state index contributed by atoms with van der Waals surface area (Å²) in [7, 11) is 0. The second-order valence-electron chi connectivity index (χ2n) is 2.86. The van der Waals surface area contributed by atoms with Crippen molar-refractivity contribution in [2.75, 3.05) is 5.33 Å². The fourth-order valence-corrected chi connectivity index (χ4v) is 1.35. The Kier molecular flexibility index (Phi) is 4.13. The molecular weight excluding hydrogens is 268 g/mol. The molecule has 2 atom stereocenters. The van der Waals surface area contributed by atoms with Crippen molar-refractivity contribution in [1.82, 2.24) is 4.98 Å². The number of rotatable bonds is 4. The minimum atomic E-state index is -1.23. The van der Waals surface area contributed by atoms with E-state index in [1.165, 1.54) is 12.3 Å². The van der Waals surface area contributed by atoms with Crippen molar-refractivity contribution in [3.8, 4) is 0 Å². The van der Waals surface area contributed by atoms with E-state index < -0.39 is 17.1 Å². The first-order valence-corrected chi connectivity index (χ1v) is 5.21. The van der Waals surface area contributed by atoms with Gasteiger partial charge in [-0.05, 0) is 0 Å². The fourth-order valence-electron chi connectivity index (χ4n) is 0.993. The molecule has 0 aromatic carbocycles. The van der Waals surface area contributed by atoms with Gasteiger partial charge in [0.25, 0.3) is 5.69 Å². The number of alkyl halides is 1. The zero-order chi connectivity index (χ0) is 11.4. The van der Waals surface area contributed by atoms with E-state index in [9.17, 15) is 20.3 Å². The maximum atomic E-state index is 10.4. The van der Waals surface area contributed by atoms with Crippen LogP contribution in [-0.2, 0) is 0 Å². The molecule has 0 saturated heterocycles. The van der Waals surface area contributed by atoms with Gasteiger partial charge >= 0.3 is 0 Å². The number of aliphatic hydroxyl groups is 2. The standard InChI is InChI=1S/C8H9BrN2O4/c9-4-7(12)8(13)6-3-5(11(14)15)1-2-10-6/h1-3,7-8,12-13H,4H2. The highest BCUT2D eigenvalue weighted by Crippen LogP contribution is 2.20. The minimum absolute atomic E-state index is 0.0798. The molecule has 0 aliphatic heterocycles. The Morgan fingerprint density at radius 1 is 1.60 bits per heavy atom. The van der Waals surface area contributed by atoms with Crippen LogP contribution >= 0.6 is 15.9 Å². The maximum Gasteiger partial charge on any atom is 0.272 e. The molecule has 0 bridgehead atoms. The molecule has 0 radical (unpaired) electrons. The van der Waals surface area contributed by atoms with E-state index in [0.29, 0.717) is 0 Å². The van der Waals surface area contributed by atoms with Crippen LogP contribution in [0.1, 0.15) is 11.8 Å². The second-order valence-corrected chi connectivity index (χ2v) is 3.51. The molecule has 0 amide bonds. The van der Waals surface area contributed by atoms with Crippen LogP contribution in [0, 0.1) is 10.1 Å². The van der Waals surface area contributed by atoms with Gasteiger partial charge in [0, 0.05) is 23.7 Å². The fraction of sp³-hybridized carbons (Fsp3) is 0.375. The summed E-state index contributed by atoms with van der Waals surface area (Å²) in [5, 5.41) is 29.4. The third-order valence-corrected chi connectivity index (χ3v) is 2.46. The van der Waals surface area contributed by atoms with Crippen LogP contribution in [0.2, 0.25) is 0 Å². The molecule has 82 valence electrons. The van der Waals surface area contributed by atoms with Crippen LogP contribution < -0.4 is 0 Å². The van der Waals surface area contributed by atoms with E-state index in [1.54, 1.807) is 0 Å². The predicted octanol–water partition coefficient (Wildman–Crippen LogP) is 0.779. The van der Waals surface area contributed by atoms with Crippen molar-refractivity contribution in [1.29, 1.82) is 0 Å². The minimum Gasteiger partial charge on any atom is -0.389 e. The van der Waals surface area contributed by atoms with Gasteiger partial charge in [-0.3, -0.25) is 15.1 Å². The van der Waals surface area contributed by atoms with Crippen LogP contribution in [0.4, 0.5) is 5.69 Å². The van der Waals surface area contributed by atoms with Gasteiger partial charge in [0.2, 0.25) is 0 Å². The second kappa shape index (κ2) is 5.15. The molecule has 0 spiro atoms. The van der Waals surface area contributed by atoms with Gasteiger partial charge in [0.05, 0.1) is 16.7 Å². The highest BCUT2D eigenvalue weighted by atomic mass is 79.9. The van der Waals surface area contributed by atoms with Gasteiger partial charge in [0.1, 0.15) is 6.10 Å². The highest BCUT2D eigenvalue weighted by Gasteiger charge is 2.20. The number of aliphatic hydroxyl groups excluding tert-OH is 2. The lowest BCUT2D eigenvalue weighted by Gasteiger charge is -2.14. The Labute approximate surface area is 93.9 Å². The molecule has 0 fully saturated rings. The lowest BCUT2D eigenvalue weighted by atomic mass is 10.1. The van der Waals surface area contributed by atoms with Gasteiger partial charge in [-0.15, -0.1) is 0 Å². The SMILES string of the molecule is O=[N+]([O-])c1ccnc(C(O)C(O)CBr)c1. The van der Waals surface area contributed by atoms with Crippen LogP contribution in [0.3, 0.4) is 0 Å². The molecular formula is C8H9BrN2O4. The lowest BCUT2D eigenvalue weighted by Crippen LogP contribution is -2.20. The number of hydrogen-bond donors (Lipinski definition) is 2. The van der Waals surface area contributed by atoms with Crippen LogP contribution in [0.15, 0.2) is 18.3 Å². The van der Waals surface area contributed by atoms with Crippen molar-refractivity contribution >= 4 is 21.6 Å². The topological polar surface area (TPSA) is 96.5 Å². The van der Waals surface area contributed by atoms with Crippen molar-refractivity contribution in [3.05, 3.63) is 34.1 Å². The third kappa shape index (κ3) is 2.95. The van der Waals surface area contributed by atoms with Gasteiger partial charge in [-0.2, -0.15) is 0 Å². The largest absolute Gasteiger partial charge is 0.389 e. The zero-order valence-corrected chi connectivity index (χ0v) is 9.16. The molecule has 7 heteroatoms. The summed E-state index contributed by atoms with van der Waals surface area (Å²) in [6.45, 7) is 0. The molecule has 0 saturated carbocycles. The van der Waals surface area contributed by atoms with Crippen molar-refractivity contribution in [2.24, 2.45) is 0 Å². The van der Waals surface area contributed by atoms with Crippen molar-refractivity contribution in [2.45, 2.75) is 12.2 Å². The van der Waals surface area contributed by atoms with Gasteiger partial charge in [-0.1, -0.05) is 15.9 Å². The molecule has 15 heavy (non-hydrogen) atoms. The maximum absolute atomic E-state index is 10.4. The zero-order valence-electron chi connectivity index (χ0n) is 7.58. The summed E-state index contributed by atoms with van der Waals surface area (Å²) in [6.07, 6.45) is -1.05. The predicted molar refractivity (Wildman–Crippen MR) is 55.7 cm³/mol. The lowest BCUT2D eigenvalue weighted by molar-refractivity contribution is -0.385. The quantitative estimate of drug-likeness (QED) is 0.481. The Morgan fingerprint density at radius 3 is 2.80 bits per heavy atom. The van der Waals surface area contributed by atoms with Crippen LogP contribution in [0.25, 0.3) is 0 Å². The van der Waals surface area contributed by atoms with E-state index in [2.05, 4.69) is 20.9 Å². The Morgan fingerprint density at radius 2 is 2.27 bits per heavy atom. The summed E-state index contributed by atoms with van der Waals surface area (Å²) in [5.74, 6) is 0. The van der Waals surface area contributed by atoms with Crippen LogP contribution in [-0.4, -0.2) is 31.6 Å². The molecule has 0 aliphatic carbocycles. The summed E-state index contributed by atoms with van der Waals surface area (Å²) in [4.78, 5) is 13.6. The summed E-state index contributed by atoms with van der Waals surface area (Å²) in [5.41, 5.74) is -0.0861. The number of aromatic nitrogens is 1. The monoisotopic (exact) mass is 276 g/mol. The van der Waals surface area contributed by atoms with Crippen LogP contribution in [0.5, 0.6) is 0 Å². The molecule has 2 N–H and O–H groups in total. The Hall–Kier alpha value is -1.05. The smallest absolute Gasteiger partial charge is 0.272 e. The van der Waals surface area contributed by atoms with Crippen molar-refractivity contribution < 1.29 is 15.1 Å². The highest BCUT2D eigenvalue weighted by molar-refractivity contribution is 9.09. The Bertz CT molecular complexity index is 360. The first-order valence-electron chi connectivity index (χ1n) is 4.08. The van der Waals surface area contributed by atoms with Gasteiger partial charge in [0.15, 0.2) is 0 Å². The number of nitro groups is 1. The molecule has 6 nitrogen and oxygen atoms in total. The molecule has 1 rings (SSSR count). The number of pyridine rings is 1. The van der Waals surface area contributed by atoms with Gasteiger partial charge in [-0.25, -0.2) is 0 Å². The average molecular weight is 277 g/mol. The average Bonchev–Trinajstić information content (AvgIpc) is 2.27. The normalized spacial score (nSPS) is 14.6. The molecule has 1 aromatic heterocycles. The molecule has 2 unspecified atom stereocenters. The molecule has 1 aromatic rings. The number of hydrogen-bond acceptors (Lipinski definition) is 5. The van der Waals surface area contributed by atoms with E-state index in [0.717, 1.165) is 6.07 Å². The van der Waals surface area contributed by atoms with E-state index in [1.807, 2.05) is 0 Å². The first-order chi connectivity index (χ1) is 7.06. The number of nitrogens with zero attached hydrogens (tertiary/aromatic N) is 2.